The number of nitrogens with zero attached hydrogens (tertiary/aromatic N) is 5. The Kier molecular flexibility index (Phi) is 8.87. The van der Waals surface area contributed by atoms with Gasteiger partial charge in [0.1, 0.15) is 23.6 Å². The topological polar surface area (TPSA) is 108 Å². The number of nitrogens with one attached hydrogen (secondary N) is 1. The van der Waals surface area contributed by atoms with Gasteiger partial charge < -0.3 is 24.8 Å². The van der Waals surface area contributed by atoms with E-state index in [-0.39, 0.29) is 30.3 Å². The Morgan fingerprint density at radius 1 is 1.12 bits per heavy atom. The average molecular weight is 571 g/mol. The van der Waals surface area contributed by atoms with E-state index in [1.54, 1.807) is 17.0 Å². The fourth-order valence-corrected chi connectivity index (χ4v) is 5.13. The molecule has 1 unspecified atom stereocenters. The molecule has 10 nitrogen and oxygen atoms in total. The molecule has 2 aliphatic rings. The Morgan fingerprint density at radius 3 is 2.38 bits per heavy atom. The van der Waals surface area contributed by atoms with E-state index in [0.29, 0.717) is 43.4 Å². The number of ether oxygens (including phenoxy) is 1. The van der Waals surface area contributed by atoms with Crippen molar-refractivity contribution in [3.63, 3.8) is 0 Å². The van der Waals surface area contributed by atoms with Crippen molar-refractivity contribution >= 4 is 41.1 Å². The first-order chi connectivity index (χ1) is 18.8. The molecule has 2 aromatic rings. The van der Waals surface area contributed by atoms with Gasteiger partial charge >= 0.3 is 6.09 Å². The van der Waals surface area contributed by atoms with Crippen LogP contribution in [0.15, 0.2) is 30.6 Å². The van der Waals surface area contributed by atoms with Crippen molar-refractivity contribution in [1.82, 2.24) is 19.8 Å². The number of anilines is 2. The second-order valence-electron chi connectivity index (χ2n) is 11.8. The molecule has 4 rings (SSSR count). The molecule has 1 aromatic carbocycles. The van der Waals surface area contributed by atoms with Crippen molar-refractivity contribution in [2.75, 3.05) is 42.9 Å². The highest BCUT2D eigenvalue weighted by Gasteiger charge is 2.35. The van der Waals surface area contributed by atoms with Crippen molar-refractivity contribution in [2.45, 2.75) is 65.5 Å². The number of halogens is 1. The van der Waals surface area contributed by atoms with Crippen LogP contribution >= 0.6 is 11.6 Å². The highest BCUT2D eigenvalue weighted by Crippen LogP contribution is 2.31. The molecule has 0 saturated carbocycles. The minimum absolute atomic E-state index is 0.0392. The molecule has 0 aliphatic carbocycles. The summed E-state index contributed by atoms with van der Waals surface area (Å²) in [6, 6.07) is 7.05. The largest absolute Gasteiger partial charge is 0.444 e. The van der Waals surface area contributed by atoms with Crippen LogP contribution < -0.4 is 10.2 Å². The summed E-state index contributed by atoms with van der Waals surface area (Å²) in [5.74, 6) is 0.527. The van der Waals surface area contributed by atoms with Crippen molar-refractivity contribution < 1.29 is 19.1 Å². The second kappa shape index (κ2) is 12.0. The Hall–Kier alpha value is -3.40. The van der Waals surface area contributed by atoms with Crippen LogP contribution in [-0.2, 0) is 20.7 Å². The van der Waals surface area contributed by atoms with Crippen LogP contribution in [0.3, 0.4) is 0 Å². The zero-order valence-corrected chi connectivity index (χ0v) is 24.9. The van der Waals surface area contributed by atoms with Gasteiger partial charge in [-0.1, -0.05) is 30.7 Å². The zero-order chi connectivity index (χ0) is 29.2. The first-order valence-electron chi connectivity index (χ1n) is 13.8. The molecule has 2 atom stereocenters. The third kappa shape index (κ3) is 6.83. The van der Waals surface area contributed by atoms with Crippen LogP contribution in [-0.4, -0.2) is 82.0 Å². The zero-order valence-electron chi connectivity index (χ0n) is 24.1. The molecule has 1 fully saturated rings. The smallest absolute Gasteiger partial charge is 0.410 e. The van der Waals surface area contributed by atoms with Gasteiger partial charge in [-0.3, -0.25) is 9.59 Å². The predicted octanol–water partition coefficient (Wildman–Crippen LogP) is 4.34. The summed E-state index contributed by atoms with van der Waals surface area (Å²) in [7, 11) is 0. The van der Waals surface area contributed by atoms with E-state index in [0.717, 1.165) is 16.9 Å². The molecule has 1 saturated heterocycles. The van der Waals surface area contributed by atoms with Gasteiger partial charge in [-0.05, 0) is 58.7 Å². The Morgan fingerprint density at radius 2 is 1.77 bits per heavy atom. The maximum Gasteiger partial charge on any atom is 0.410 e. The maximum absolute atomic E-state index is 14.0. The molecule has 3 amide bonds. The number of aromatic nitrogens is 2. The van der Waals surface area contributed by atoms with E-state index < -0.39 is 17.6 Å². The molecule has 0 radical (unpaired) electrons. The molecular formula is C29H39ClN6O4. The maximum atomic E-state index is 14.0. The molecule has 3 heterocycles. The number of hydrogen-bond acceptors (Lipinski definition) is 7. The van der Waals surface area contributed by atoms with Crippen LogP contribution in [0.25, 0.3) is 0 Å². The number of amides is 3. The van der Waals surface area contributed by atoms with Gasteiger partial charge in [-0.15, -0.1) is 0 Å². The predicted molar refractivity (Wildman–Crippen MR) is 155 cm³/mol. The molecule has 216 valence electrons. The number of hydrogen-bond donors (Lipinski definition) is 1. The van der Waals surface area contributed by atoms with Gasteiger partial charge in [0.05, 0.1) is 5.92 Å². The third-order valence-corrected chi connectivity index (χ3v) is 7.47. The van der Waals surface area contributed by atoms with Gasteiger partial charge in [0.15, 0.2) is 0 Å². The summed E-state index contributed by atoms with van der Waals surface area (Å²) >= 11 is 6.15. The first kappa shape index (κ1) is 29.6. The third-order valence-electron chi connectivity index (χ3n) is 7.21. The van der Waals surface area contributed by atoms with Crippen molar-refractivity contribution in [3.8, 4) is 0 Å². The number of carbonyl (C=O) groups is 3. The van der Waals surface area contributed by atoms with Crippen LogP contribution in [0.1, 0.15) is 58.6 Å². The van der Waals surface area contributed by atoms with E-state index in [9.17, 15) is 14.4 Å². The van der Waals surface area contributed by atoms with Gasteiger partial charge in [-0.2, -0.15) is 0 Å². The average Bonchev–Trinajstić information content (AvgIpc) is 2.89. The SMILES string of the molecule is CC1Cc2c(ncnc2N2CCN(C(=O)[C@H](CN(C(=O)OC(C)(C)C)C(C)C)c3ccc(Cl)cc3)CC2)NC1=O. The van der Waals surface area contributed by atoms with E-state index >= 15 is 0 Å². The summed E-state index contributed by atoms with van der Waals surface area (Å²) in [6.45, 7) is 13.6. The monoisotopic (exact) mass is 570 g/mol. The van der Waals surface area contributed by atoms with Crippen LogP contribution in [0.4, 0.5) is 16.4 Å². The molecule has 1 N–H and O–H groups in total. The van der Waals surface area contributed by atoms with Crippen LogP contribution in [0, 0.1) is 5.92 Å². The van der Waals surface area contributed by atoms with E-state index in [1.807, 2.05) is 58.6 Å². The minimum Gasteiger partial charge on any atom is -0.444 e. The minimum atomic E-state index is -0.652. The van der Waals surface area contributed by atoms with Gasteiger partial charge in [-0.25, -0.2) is 14.8 Å². The van der Waals surface area contributed by atoms with Gasteiger partial charge in [0.2, 0.25) is 11.8 Å². The first-order valence-corrected chi connectivity index (χ1v) is 14.2. The molecular weight excluding hydrogens is 532 g/mol. The van der Waals surface area contributed by atoms with Gasteiger partial charge in [0.25, 0.3) is 0 Å². The van der Waals surface area contributed by atoms with Crippen molar-refractivity contribution in [2.24, 2.45) is 5.92 Å². The number of piperazine rings is 1. The fraction of sp³-hybridized carbons (Fsp3) is 0.552. The Balaban J connectivity index is 1.52. The fourth-order valence-electron chi connectivity index (χ4n) is 5.00. The quantitative estimate of drug-likeness (QED) is 0.550. The van der Waals surface area contributed by atoms with E-state index in [1.165, 1.54) is 6.33 Å². The molecule has 2 aliphatic heterocycles. The molecule has 1 aromatic heterocycles. The standard InChI is InChI=1S/C29H39ClN6O4/c1-18(2)36(28(39)40-29(4,5)6)16-23(20-7-9-21(30)10-8-20)27(38)35-13-11-34(12-14-35)25-22-15-19(3)26(37)33-24(22)31-17-32-25/h7-10,17-19,23H,11-16H2,1-6H3,(H,31,32,33,37)/t19?,23-/m1/s1. The molecule has 11 heteroatoms. The normalized spacial score (nSPS) is 18.2. The summed E-state index contributed by atoms with van der Waals surface area (Å²) in [5.41, 5.74) is 1.07. The molecule has 0 bridgehead atoms. The summed E-state index contributed by atoms with van der Waals surface area (Å²) < 4.78 is 5.66. The summed E-state index contributed by atoms with van der Waals surface area (Å²) in [4.78, 5) is 53.6. The molecule has 0 spiro atoms. The highest BCUT2D eigenvalue weighted by atomic mass is 35.5. The van der Waals surface area contributed by atoms with Crippen molar-refractivity contribution in [1.29, 1.82) is 0 Å². The van der Waals surface area contributed by atoms with Crippen molar-refractivity contribution in [3.05, 3.63) is 46.7 Å². The summed E-state index contributed by atoms with van der Waals surface area (Å²) in [5, 5.41) is 3.45. The van der Waals surface area contributed by atoms with Crippen LogP contribution in [0.2, 0.25) is 5.02 Å². The lowest BCUT2D eigenvalue weighted by Crippen LogP contribution is -2.52. The van der Waals surface area contributed by atoms with Gasteiger partial charge in [0, 0.05) is 55.3 Å². The second-order valence-corrected chi connectivity index (χ2v) is 12.2. The lowest BCUT2D eigenvalue weighted by atomic mass is 9.95. The highest BCUT2D eigenvalue weighted by molar-refractivity contribution is 6.30. The van der Waals surface area contributed by atoms with E-state index in [4.69, 9.17) is 16.3 Å². The van der Waals surface area contributed by atoms with Crippen LogP contribution in [0.5, 0.6) is 0 Å². The van der Waals surface area contributed by atoms with E-state index in [2.05, 4.69) is 20.2 Å². The lowest BCUT2D eigenvalue weighted by Gasteiger charge is -2.39. The Labute approximate surface area is 241 Å². The number of fused-ring (bicyclic) bond motifs is 1. The lowest BCUT2D eigenvalue weighted by molar-refractivity contribution is -0.133. The molecule has 40 heavy (non-hydrogen) atoms. The number of carbonyl (C=O) groups excluding carboxylic acids is 3. The summed E-state index contributed by atoms with van der Waals surface area (Å²) in [6.07, 6.45) is 1.59. The number of benzene rings is 1. The Bertz CT molecular complexity index is 1240. The number of rotatable bonds is 6.